The van der Waals surface area contributed by atoms with Gasteiger partial charge in [0.25, 0.3) is 5.91 Å². The number of halogens is 1. The van der Waals surface area contributed by atoms with Crippen molar-refractivity contribution >= 4 is 33.2 Å². The minimum absolute atomic E-state index is 0.245. The van der Waals surface area contributed by atoms with Gasteiger partial charge in [0.1, 0.15) is 4.88 Å². The lowest BCUT2D eigenvalue weighted by Crippen LogP contribution is -2.37. The Bertz CT molecular complexity index is 449. The van der Waals surface area contributed by atoms with Crippen molar-refractivity contribution in [3.63, 3.8) is 0 Å². The fourth-order valence-corrected chi connectivity index (χ4v) is 4.50. The highest BCUT2D eigenvalue weighted by atomic mass is 79.9. The summed E-state index contributed by atoms with van der Waals surface area (Å²) in [5, 5.41) is 1.99. The van der Waals surface area contributed by atoms with Crippen LogP contribution in [0.3, 0.4) is 0 Å². The van der Waals surface area contributed by atoms with Crippen LogP contribution in [0, 0.1) is 5.92 Å². The summed E-state index contributed by atoms with van der Waals surface area (Å²) in [5.74, 6) is 0.979. The predicted octanol–water partition coefficient (Wildman–Crippen LogP) is 4.70. The van der Waals surface area contributed by atoms with E-state index in [1.165, 1.54) is 44.9 Å². The number of carbonyl (C=O) groups excluding carboxylic acids is 1. The first-order chi connectivity index (χ1) is 9.25. The number of rotatable bonds is 4. The molecule has 1 aromatic rings. The normalized spacial score (nSPS) is 20.5. The van der Waals surface area contributed by atoms with Crippen LogP contribution < -0.4 is 0 Å². The van der Waals surface area contributed by atoms with E-state index in [1.54, 1.807) is 11.3 Å². The van der Waals surface area contributed by atoms with E-state index in [9.17, 15) is 4.79 Å². The Morgan fingerprint density at radius 1 is 1.26 bits per heavy atom. The molecular weight excluding hydrogens is 322 g/mol. The van der Waals surface area contributed by atoms with Crippen molar-refractivity contribution in [3.8, 4) is 0 Å². The molecule has 4 heteroatoms. The molecule has 19 heavy (non-hydrogen) atoms. The number of amides is 1. The van der Waals surface area contributed by atoms with E-state index in [1.807, 2.05) is 11.4 Å². The van der Waals surface area contributed by atoms with Crippen molar-refractivity contribution in [3.05, 3.63) is 20.8 Å². The van der Waals surface area contributed by atoms with Crippen LogP contribution in [0.5, 0.6) is 0 Å². The smallest absolute Gasteiger partial charge is 0.265 e. The number of thiophene rings is 1. The number of carbonyl (C=O) groups is 1. The summed E-state index contributed by atoms with van der Waals surface area (Å²) in [7, 11) is 0. The molecule has 0 bridgehead atoms. The van der Waals surface area contributed by atoms with Gasteiger partial charge in [-0.15, -0.1) is 11.3 Å². The van der Waals surface area contributed by atoms with Gasteiger partial charge < -0.3 is 4.90 Å². The molecule has 1 amide bonds. The van der Waals surface area contributed by atoms with Gasteiger partial charge in [0, 0.05) is 17.1 Å². The second-order valence-electron chi connectivity index (χ2n) is 5.79. The van der Waals surface area contributed by atoms with E-state index in [2.05, 4.69) is 20.8 Å². The molecule has 0 spiro atoms. The summed E-state index contributed by atoms with van der Waals surface area (Å²) >= 11 is 5.05. The highest BCUT2D eigenvalue weighted by Crippen LogP contribution is 2.34. The summed E-state index contributed by atoms with van der Waals surface area (Å²) in [5.41, 5.74) is 0. The molecular formula is C15H20BrNOS. The molecule has 1 aromatic heterocycles. The lowest BCUT2D eigenvalue weighted by atomic mass is 9.89. The zero-order chi connectivity index (χ0) is 13.2. The highest BCUT2D eigenvalue weighted by molar-refractivity contribution is 9.10. The van der Waals surface area contributed by atoms with Gasteiger partial charge in [-0.05, 0) is 59.0 Å². The SMILES string of the molecule is O=C(c1sccc1Br)N(CC1CCCCC1)C1CC1. The van der Waals surface area contributed by atoms with E-state index >= 15 is 0 Å². The fourth-order valence-electron chi connectivity index (χ4n) is 3.01. The Labute approximate surface area is 127 Å². The monoisotopic (exact) mass is 341 g/mol. The van der Waals surface area contributed by atoms with Gasteiger partial charge in [-0.3, -0.25) is 4.79 Å². The summed E-state index contributed by atoms with van der Waals surface area (Å²) < 4.78 is 0.955. The minimum atomic E-state index is 0.245. The van der Waals surface area contributed by atoms with E-state index in [4.69, 9.17) is 0 Å². The quantitative estimate of drug-likeness (QED) is 0.777. The molecule has 3 rings (SSSR count). The van der Waals surface area contributed by atoms with Crippen molar-refractivity contribution in [1.29, 1.82) is 0 Å². The second-order valence-corrected chi connectivity index (χ2v) is 7.56. The Morgan fingerprint density at radius 3 is 2.58 bits per heavy atom. The Balaban J connectivity index is 1.70. The molecule has 0 radical (unpaired) electrons. The van der Waals surface area contributed by atoms with Crippen molar-refractivity contribution in [1.82, 2.24) is 4.90 Å². The van der Waals surface area contributed by atoms with Crippen LogP contribution in [-0.2, 0) is 0 Å². The molecule has 2 aliphatic rings. The van der Waals surface area contributed by atoms with Crippen molar-refractivity contribution in [2.75, 3.05) is 6.54 Å². The molecule has 104 valence electrons. The first-order valence-electron chi connectivity index (χ1n) is 7.29. The Hall–Kier alpha value is -0.350. The summed E-state index contributed by atoms with van der Waals surface area (Å²) in [6.07, 6.45) is 9.08. The average molecular weight is 342 g/mol. The topological polar surface area (TPSA) is 20.3 Å². The average Bonchev–Trinajstić information content (AvgIpc) is 3.18. The van der Waals surface area contributed by atoms with Crippen LogP contribution in [0.15, 0.2) is 15.9 Å². The fraction of sp³-hybridized carbons (Fsp3) is 0.667. The molecule has 1 heterocycles. The predicted molar refractivity (Wildman–Crippen MR) is 82.7 cm³/mol. The van der Waals surface area contributed by atoms with Crippen LogP contribution in [0.4, 0.5) is 0 Å². The summed E-state index contributed by atoms with van der Waals surface area (Å²) in [6.45, 7) is 0.980. The number of hydrogen-bond donors (Lipinski definition) is 0. The maximum absolute atomic E-state index is 12.7. The Kier molecular flexibility index (Phi) is 4.27. The maximum atomic E-state index is 12.7. The standard InChI is InChI=1S/C15H20BrNOS/c16-13-8-9-19-14(13)15(18)17(12-6-7-12)10-11-4-2-1-3-5-11/h8-9,11-12H,1-7,10H2. The van der Waals surface area contributed by atoms with Crippen LogP contribution >= 0.6 is 27.3 Å². The molecule has 2 aliphatic carbocycles. The van der Waals surface area contributed by atoms with Crippen LogP contribution in [0.1, 0.15) is 54.6 Å². The zero-order valence-electron chi connectivity index (χ0n) is 11.1. The Morgan fingerprint density at radius 2 is 2.00 bits per heavy atom. The molecule has 0 saturated heterocycles. The van der Waals surface area contributed by atoms with E-state index in [0.29, 0.717) is 6.04 Å². The lowest BCUT2D eigenvalue weighted by molar-refractivity contribution is 0.0703. The first kappa shape index (κ1) is 13.6. The molecule has 2 saturated carbocycles. The molecule has 2 nitrogen and oxygen atoms in total. The van der Waals surface area contributed by atoms with Gasteiger partial charge in [0.15, 0.2) is 0 Å². The molecule has 0 unspecified atom stereocenters. The number of hydrogen-bond acceptors (Lipinski definition) is 2. The minimum Gasteiger partial charge on any atom is -0.335 e. The van der Waals surface area contributed by atoms with Gasteiger partial charge in [0.05, 0.1) is 0 Å². The van der Waals surface area contributed by atoms with E-state index in [0.717, 1.165) is 21.8 Å². The van der Waals surface area contributed by atoms with Crippen LogP contribution in [0.25, 0.3) is 0 Å². The second kappa shape index (κ2) is 5.96. The summed E-state index contributed by atoms with van der Waals surface area (Å²) in [4.78, 5) is 15.7. The maximum Gasteiger partial charge on any atom is 0.265 e. The van der Waals surface area contributed by atoms with Crippen molar-refractivity contribution < 1.29 is 4.79 Å². The summed E-state index contributed by atoms with van der Waals surface area (Å²) in [6, 6.07) is 2.49. The van der Waals surface area contributed by atoms with Gasteiger partial charge in [-0.2, -0.15) is 0 Å². The van der Waals surface area contributed by atoms with Gasteiger partial charge in [0.2, 0.25) is 0 Å². The lowest BCUT2D eigenvalue weighted by Gasteiger charge is -2.29. The molecule has 2 fully saturated rings. The first-order valence-corrected chi connectivity index (χ1v) is 8.97. The van der Waals surface area contributed by atoms with Crippen molar-refractivity contribution in [2.24, 2.45) is 5.92 Å². The van der Waals surface area contributed by atoms with E-state index < -0.39 is 0 Å². The third-order valence-corrected chi connectivity index (χ3v) is 6.07. The third kappa shape index (κ3) is 3.22. The van der Waals surface area contributed by atoms with Crippen molar-refractivity contribution in [2.45, 2.75) is 51.0 Å². The molecule has 0 aromatic carbocycles. The largest absolute Gasteiger partial charge is 0.335 e. The highest BCUT2D eigenvalue weighted by Gasteiger charge is 2.35. The third-order valence-electron chi connectivity index (χ3n) is 4.24. The van der Waals surface area contributed by atoms with Gasteiger partial charge in [-0.25, -0.2) is 0 Å². The van der Waals surface area contributed by atoms with Gasteiger partial charge in [-0.1, -0.05) is 19.3 Å². The van der Waals surface area contributed by atoms with E-state index in [-0.39, 0.29) is 5.91 Å². The van der Waals surface area contributed by atoms with Crippen LogP contribution in [0.2, 0.25) is 0 Å². The molecule has 0 N–H and O–H groups in total. The molecule has 0 atom stereocenters. The van der Waals surface area contributed by atoms with Gasteiger partial charge >= 0.3 is 0 Å². The zero-order valence-corrected chi connectivity index (χ0v) is 13.5. The molecule has 0 aliphatic heterocycles. The number of nitrogens with zero attached hydrogens (tertiary/aromatic N) is 1. The van der Waals surface area contributed by atoms with Crippen LogP contribution in [-0.4, -0.2) is 23.4 Å².